The van der Waals surface area contributed by atoms with Gasteiger partial charge in [0.1, 0.15) is 11.6 Å². The fraction of sp³-hybridized carbons (Fsp3) is 0.350. The Bertz CT molecular complexity index is 734. The summed E-state index contributed by atoms with van der Waals surface area (Å²) in [5.41, 5.74) is 0.970. The molecule has 1 fully saturated rings. The summed E-state index contributed by atoms with van der Waals surface area (Å²) in [5, 5.41) is 2.93. The van der Waals surface area contributed by atoms with Gasteiger partial charge in [0.25, 0.3) is 5.91 Å². The van der Waals surface area contributed by atoms with E-state index in [1.54, 1.807) is 12.1 Å². The van der Waals surface area contributed by atoms with Crippen molar-refractivity contribution in [2.24, 2.45) is 0 Å². The van der Waals surface area contributed by atoms with Crippen molar-refractivity contribution in [1.29, 1.82) is 0 Å². The van der Waals surface area contributed by atoms with Crippen molar-refractivity contribution < 1.29 is 18.7 Å². The Morgan fingerprint density at radius 3 is 2.48 bits per heavy atom. The van der Waals surface area contributed by atoms with E-state index in [-0.39, 0.29) is 24.4 Å². The van der Waals surface area contributed by atoms with E-state index in [1.807, 2.05) is 24.3 Å². The van der Waals surface area contributed by atoms with E-state index in [1.165, 1.54) is 12.1 Å². The monoisotopic (exact) mass is 484 g/mol. The molecule has 1 aliphatic heterocycles. The van der Waals surface area contributed by atoms with E-state index >= 15 is 0 Å². The maximum absolute atomic E-state index is 13.3. The number of hydrogen-bond acceptors (Lipinski definition) is 4. The number of morpholine rings is 1. The lowest BCUT2D eigenvalue weighted by Gasteiger charge is -2.35. The second-order valence-corrected chi connectivity index (χ2v) is 7.51. The maximum Gasteiger partial charge on any atom is 0.258 e. The van der Waals surface area contributed by atoms with E-state index in [0.29, 0.717) is 25.5 Å². The van der Waals surface area contributed by atoms with Gasteiger partial charge >= 0.3 is 0 Å². The Hall–Kier alpha value is -1.71. The highest BCUT2D eigenvalue weighted by atomic mass is 127. The quantitative estimate of drug-likeness (QED) is 0.615. The van der Waals surface area contributed by atoms with Gasteiger partial charge in [0.2, 0.25) is 0 Å². The Balaban J connectivity index is 1.57. The number of rotatable bonds is 7. The van der Waals surface area contributed by atoms with Crippen molar-refractivity contribution in [2.75, 3.05) is 39.5 Å². The van der Waals surface area contributed by atoms with Crippen LogP contribution in [-0.2, 0) is 9.53 Å². The van der Waals surface area contributed by atoms with Crippen molar-refractivity contribution >= 4 is 28.5 Å². The van der Waals surface area contributed by atoms with Crippen molar-refractivity contribution in [1.82, 2.24) is 10.2 Å². The number of carbonyl (C=O) groups is 1. The van der Waals surface area contributed by atoms with Gasteiger partial charge in [-0.2, -0.15) is 0 Å². The number of amides is 1. The van der Waals surface area contributed by atoms with Crippen molar-refractivity contribution in [3.05, 3.63) is 63.5 Å². The molecule has 3 rings (SSSR count). The van der Waals surface area contributed by atoms with Gasteiger partial charge in [0.15, 0.2) is 6.61 Å². The van der Waals surface area contributed by atoms with Gasteiger partial charge in [-0.05, 0) is 64.6 Å². The van der Waals surface area contributed by atoms with E-state index < -0.39 is 0 Å². The number of nitrogens with one attached hydrogen (secondary N) is 1. The molecule has 2 aromatic carbocycles. The van der Waals surface area contributed by atoms with Crippen LogP contribution in [0.15, 0.2) is 48.5 Å². The van der Waals surface area contributed by atoms with Gasteiger partial charge < -0.3 is 14.8 Å². The van der Waals surface area contributed by atoms with Crippen LogP contribution in [0.1, 0.15) is 11.6 Å². The average Bonchev–Trinajstić information content (AvgIpc) is 2.70. The van der Waals surface area contributed by atoms with Gasteiger partial charge in [0.05, 0.1) is 19.3 Å². The van der Waals surface area contributed by atoms with Crippen molar-refractivity contribution in [2.45, 2.75) is 6.04 Å². The minimum absolute atomic E-state index is 0.0308. The number of ether oxygens (including phenoxy) is 2. The third-order valence-electron chi connectivity index (χ3n) is 4.42. The molecule has 1 amide bonds. The molecule has 0 aliphatic carbocycles. The molecule has 27 heavy (non-hydrogen) atoms. The zero-order valence-electron chi connectivity index (χ0n) is 14.9. The number of hydrogen-bond donors (Lipinski definition) is 1. The highest BCUT2D eigenvalue weighted by Gasteiger charge is 2.23. The first-order chi connectivity index (χ1) is 13.1. The zero-order chi connectivity index (χ0) is 19.1. The standard InChI is InChI=1S/C20H22FIN2O3/c21-16-3-1-15(2-4-16)19(24-9-11-26-12-10-24)13-23-20(25)14-27-18-7-5-17(22)6-8-18/h1-8,19H,9-14H2,(H,23,25). The molecule has 0 aromatic heterocycles. The lowest BCUT2D eigenvalue weighted by atomic mass is 10.0. The summed E-state index contributed by atoms with van der Waals surface area (Å²) in [5.74, 6) is 0.206. The molecule has 0 radical (unpaired) electrons. The van der Waals surface area contributed by atoms with Crippen LogP contribution in [0.25, 0.3) is 0 Å². The Kier molecular flexibility index (Phi) is 7.42. The van der Waals surface area contributed by atoms with E-state index in [4.69, 9.17) is 9.47 Å². The molecule has 1 heterocycles. The second-order valence-electron chi connectivity index (χ2n) is 6.26. The molecular formula is C20H22FIN2O3. The van der Waals surface area contributed by atoms with Crippen molar-refractivity contribution in [3.63, 3.8) is 0 Å². The van der Waals surface area contributed by atoms with Crippen LogP contribution in [0.2, 0.25) is 0 Å². The summed E-state index contributed by atoms with van der Waals surface area (Å²) in [6.07, 6.45) is 0. The minimum Gasteiger partial charge on any atom is -0.484 e. The molecule has 144 valence electrons. The molecule has 5 nitrogen and oxygen atoms in total. The van der Waals surface area contributed by atoms with Crippen LogP contribution in [-0.4, -0.2) is 50.3 Å². The molecule has 0 bridgehead atoms. The van der Waals surface area contributed by atoms with Crippen molar-refractivity contribution in [3.8, 4) is 5.75 Å². The maximum atomic E-state index is 13.3. The largest absolute Gasteiger partial charge is 0.484 e. The smallest absolute Gasteiger partial charge is 0.258 e. The van der Waals surface area contributed by atoms with Gasteiger partial charge in [-0.1, -0.05) is 12.1 Å². The topological polar surface area (TPSA) is 50.8 Å². The van der Waals surface area contributed by atoms with Crippen LogP contribution in [0, 0.1) is 9.39 Å². The second kappa shape index (κ2) is 10.0. The third-order valence-corrected chi connectivity index (χ3v) is 5.14. The normalized spacial score (nSPS) is 15.9. The lowest BCUT2D eigenvalue weighted by Crippen LogP contribution is -2.44. The number of carbonyl (C=O) groups excluding carboxylic acids is 1. The fourth-order valence-corrected chi connectivity index (χ4v) is 3.33. The lowest BCUT2D eigenvalue weighted by molar-refractivity contribution is -0.123. The minimum atomic E-state index is -0.269. The third kappa shape index (κ3) is 6.15. The molecule has 2 aromatic rings. The first kappa shape index (κ1) is 20.0. The molecule has 1 atom stereocenters. The molecule has 7 heteroatoms. The van der Waals surface area contributed by atoms with Crippen LogP contribution in [0.3, 0.4) is 0 Å². The number of benzene rings is 2. The summed E-state index contributed by atoms with van der Waals surface area (Å²) in [6, 6.07) is 13.9. The average molecular weight is 484 g/mol. The summed E-state index contributed by atoms with van der Waals surface area (Å²) >= 11 is 2.22. The van der Waals surface area contributed by atoms with E-state index in [9.17, 15) is 9.18 Å². The van der Waals surface area contributed by atoms with Crippen LogP contribution in [0.5, 0.6) is 5.75 Å². The summed E-state index contributed by atoms with van der Waals surface area (Å²) in [6.45, 7) is 3.25. The van der Waals surface area contributed by atoms with Gasteiger partial charge in [0, 0.05) is 23.2 Å². The number of halogens is 2. The van der Waals surface area contributed by atoms with Gasteiger partial charge in [-0.3, -0.25) is 9.69 Å². The summed E-state index contributed by atoms with van der Waals surface area (Å²) in [4.78, 5) is 14.5. The molecule has 0 saturated carbocycles. The van der Waals surface area contributed by atoms with E-state index in [2.05, 4.69) is 32.8 Å². The molecular weight excluding hydrogens is 462 g/mol. The molecule has 1 unspecified atom stereocenters. The summed E-state index contributed by atoms with van der Waals surface area (Å²) in [7, 11) is 0. The van der Waals surface area contributed by atoms with E-state index in [0.717, 1.165) is 22.2 Å². The highest BCUT2D eigenvalue weighted by Crippen LogP contribution is 2.21. The first-order valence-corrected chi connectivity index (χ1v) is 9.92. The van der Waals surface area contributed by atoms with Crippen LogP contribution in [0.4, 0.5) is 4.39 Å². The SMILES string of the molecule is O=C(COc1ccc(I)cc1)NCC(c1ccc(F)cc1)N1CCOCC1. The Labute approximate surface area is 172 Å². The van der Waals surface area contributed by atoms with Gasteiger partial charge in [-0.25, -0.2) is 4.39 Å². The highest BCUT2D eigenvalue weighted by molar-refractivity contribution is 14.1. The van der Waals surface area contributed by atoms with Crippen LogP contribution < -0.4 is 10.1 Å². The van der Waals surface area contributed by atoms with Gasteiger partial charge in [-0.15, -0.1) is 0 Å². The first-order valence-electron chi connectivity index (χ1n) is 8.84. The Morgan fingerprint density at radius 1 is 1.15 bits per heavy atom. The number of nitrogens with zero attached hydrogens (tertiary/aromatic N) is 1. The Morgan fingerprint density at radius 2 is 1.81 bits per heavy atom. The summed E-state index contributed by atoms with van der Waals surface area (Å²) < 4.78 is 25.3. The molecule has 1 aliphatic rings. The van der Waals surface area contributed by atoms with Crippen LogP contribution >= 0.6 is 22.6 Å². The predicted molar refractivity (Wildman–Crippen MR) is 109 cm³/mol. The molecule has 1 saturated heterocycles. The molecule has 1 N–H and O–H groups in total. The molecule has 0 spiro atoms. The fourth-order valence-electron chi connectivity index (χ4n) is 2.97. The zero-order valence-corrected chi connectivity index (χ0v) is 17.0. The predicted octanol–water partition coefficient (Wildman–Crippen LogP) is 3.00.